The fourth-order valence-electron chi connectivity index (χ4n) is 2.77. The Kier molecular flexibility index (Phi) is 5.59. The molecular weight excluding hydrogens is 383 g/mol. The monoisotopic (exact) mass is 399 g/mol. The minimum atomic E-state index is -0.733. The highest BCUT2D eigenvalue weighted by Gasteiger charge is 2.13. The van der Waals surface area contributed by atoms with Crippen LogP contribution >= 0.6 is 0 Å². The minimum absolute atomic E-state index is 0.0110. The second kappa shape index (κ2) is 8.10. The van der Waals surface area contributed by atoms with Crippen molar-refractivity contribution in [2.24, 2.45) is 0 Å². The number of hydrogen-bond donors (Lipinski definition) is 1. The summed E-state index contributed by atoms with van der Waals surface area (Å²) in [6, 6.07) is 5.75. The third kappa shape index (κ3) is 4.41. The van der Waals surface area contributed by atoms with Gasteiger partial charge in [0.15, 0.2) is 0 Å². The molecule has 0 unspecified atom stereocenters. The number of halogens is 3. The fourth-order valence-corrected chi connectivity index (χ4v) is 2.77. The van der Waals surface area contributed by atoms with Gasteiger partial charge in [-0.25, -0.2) is 13.2 Å². The van der Waals surface area contributed by atoms with Gasteiger partial charge in [0.2, 0.25) is 11.7 Å². The van der Waals surface area contributed by atoms with Gasteiger partial charge in [0.25, 0.3) is 0 Å². The van der Waals surface area contributed by atoms with Crippen LogP contribution in [0.25, 0.3) is 0 Å². The maximum absolute atomic E-state index is 13.8. The molecule has 3 aromatic rings. The van der Waals surface area contributed by atoms with Crippen molar-refractivity contribution >= 4 is 11.6 Å². The van der Waals surface area contributed by atoms with Crippen LogP contribution in [0.1, 0.15) is 16.7 Å². The number of nitrogens with zero attached hydrogens (tertiary/aromatic N) is 2. The molecular formula is C21H16F3N3O2. The average Bonchev–Trinajstić information content (AvgIpc) is 2.65. The summed E-state index contributed by atoms with van der Waals surface area (Å²) in [5.74, 6) is 0.241. The topological polar surface area (TPSA) is 56.1 Å². The van der Waals surface area contributed by atoms with Crippen molar-refractivity contribution in [1.82, 2.24) is 9.55 Å². The molecule has 0 aliphatic rings. The molecule has 1 heterocycles. The van der Waals surface area contributed by atoms with Gasteiger partial charge in [-0.3, -0.25) is 4.79 Å². The van der Waals surface area contributed by atoms with E-state index in [1.165, 1.54) is 30.0 Å². The number of ether oxygens (including phenoxy) is 1. The lowest BCUT2D eigenvalue weighted by Gasteiger charge is -2.17. The standard InChI is InChI=1S/C21H16F3N3O2/c1-4-14-8-18(12(2)5-17(14)24)25-21-26-20(28)19(29-3)11-27(21)10-13-6-15(22)9-16(23)7-13/h1,5-9,11H,10H2,2-3H3,(H,25,26,28). The maximum atomic E-state index is 13.8. The first-order chi connectivity index (χ1) is 13.8. The lowest BCUT2D eigenvalue weighted by molar-refractivity contribution is 0.402. The van der Waals surface area contributed by atoms with Crippen LogP contribution in [0.2, 0.25) is 0 Å². The molecule has 0 saturated carbocycles. The Bertz CT molecular complexity index is 1160. The Labute approximate surface area is 164 Å². The van der Waals surface area contributed by atoms with Crippen LogP contribution in [-0.2, 0) is 6.54 Å². The van der Waals surface area contributed by atoms with E-state index in [2.05, 4.69) is 16.2 Å². The van der Waals surface area contributed by atoms with E-state index in [1.807, 2.05) is 0 Å². The number of aryl methyl sites for hydroxylation is 1. The van der Waals surface area contributed by atoms with Crippen molar-refractivity contribution in [2.75, 3.05) is 12.4 Å². The van der Waals surface area contributed by atoms with Gasteiger partial charge in [-0.1, -0.05) is 5.92 Å². The Balaban J connectivity index is 2.08. The number of benzene rings is 2. The molecule has 0 radical (unpaired) electrons. The number of nitrogens with one attached hydrogen (secondary N) is 1. The average molecular weight is 399 g/mol. The second-order valence-electron chi connectivity index (χ2n) is 6.26. The summed E-state index contributed by atoms with van der Waals surface area (Å²) >= 11 is 0. The summed E-state index contributed by atoms with van der Waals surface area (Å²) in [5, 5.41) is 2.93. The van der Waals surface area contributed by atoms with E-state index in [1.54, 1.807) is 6.92 Å². The molecule has 0 atom stereocenters. The zero-order chi connectivity index (χ0) is 21.1. The normalized spacial score (nSPS) is 10.5. The van der Waals surface area contributed by atoms with Crippen molar-refractivity contribution in [2.45, 2.75) is 13.5 Å². The zero-order valence-electron chi connectivity index (χ0n) is 15.6. The van der Waals surface area contributed by atoms with Crippen molar-refractivity contribution in [3.05, 3.63) is 81.0 Å². The van der Waals surface area contributed by atoms with Gasteiger partial charge in [-0.05, 0) is 42.3 Å². The van der Waals surface area contributed by atoms with Crippen LogP contribution in [0.3, 0.4) is 0 Å². The molecule has 1 aromatic heterocycles. The molecule has 8 heteroatoms. The predicted molar refractivity (Wildman–Crippen MR) is 103 cm³/mol. The van der Waals surface area contributed by atoms with Crippen molar-refractivity contribution in [1.29, 1.82) is 0 Å². The highest BCUT2D eigenvalue weighted by atomic mass is 19.1. The first-order valence-electron chi connectivity index (χ1n) is 8.45. The quantitative estimate of drug-likeness (QED) is 0.664. The summed E-state index contributed by atoms with van der Waals surface area (Å²) in [6.07, 6.45) is 6.67. The Morgan fingerprint density at radius 3 is 2.48 bits per heavy atom. The maximum Gasteiger partial charge on any atom is 0.316 e. The number of terminal acetylenes is 1. The van der Waals surface area contributed by atoms with E-state index in [0.717, 1.165) is 18.2 Å². The smallest absolute Gasteiger partial charge is 0.316 e. The molecule has 1 N–H and O–H groups in total. The Morgan fingerprint density at radius 1 is 1.17 bits per heavy atom. The highest BCUT2D eigenvalue weighted by Crippen LogP contribution is 2.24. The van der Waals surface area contributed by atoms with Crippen molar-refractivity contribution in [3.63, 3.8) is 0 Å². The highest BCUT2D eigenvalue weighted by molar-refractivity contribution is 5.62. The van der Waals surface area contributed by atoms with E-state index >= 15 is 0 Å². The number of rotatable bonds is 5. The SMILES string of the molecule is C#Cc1cc(Nc2nc(=O)c(OC)cn2Cc2cc(F)cc(F)c2)c(C)cc1F. The van der Waals surface area contributed by atoms with E-state index in [0.29, 0.717) is 16.8 Å². The zero-order valence-corrected chi connectivity index (χ0v) is 15.6. The first kappa shape index (κ1) is 20.0. The number of hydrogen-bond acceptors (Lipinski definition) is 4. The molecule has 0 aliphatic heterocycles. The summed E-state index contributed by atoms with van der Waals surface area (Å²) in [4.78, 5) is 16.1. The van der Waals surface area contributed by atoms with Gasteiger partial charge in [0, 0.05) is 11.8 Å². The number of methoxy groups -OCH3 is 1. The van der Waals surface area contributed by atoms with Crippen LogP contribution in [0, 0.1) is 36.7 Å². The van der Waals surface area contributed by atoms with Gasteiger partial charge in [0.1, 0.15) is 17.5 Å². The van der Waals surface area contributed by atoms with Crippen LogP contribution in [0.15, 0.2) is 41.3 Å². The summed E-state index contributed by atoms with van der Waals surface area (Å²) in [6.45, 7) is 1.64. The molecule has 3 rings (SSSR count). The molecule has 29 heavy (non-hydrogen) atoms. The summed E-state index contributed by atoms with van der Waals surface area (Å²) < 4.78 is 47.4. The molecule has 5 nitrogen and oxygen atoms in total. The van der Waals surface area contributed by atoms with Gasteiger partial charge < -0.3 is 14.6 Å². The van der Waals surface area contributed by atoms with Crippen LogP contribution < -0.4 is 15.6 Å². The van der Waals surface area contributed by atoms with Gasteiger partial charge in [0.05, 0.1) is 25.4 Å². The third-order valence-electron chi connectivity index (χ3n) is 4.17. The lowest BCUT2D eigenvalue weighted by atomic mass is 10.1. The Hall–Kier alpha value is -3.73. The summed E-state index contributed by atoms with van der Waals surface area (Å²) in [7, 11) is 1.31. The van der Waals surface area contributed by atoms with Crippen LogP contribution in [0.4, 0.5) is 24.8 Å². The van der Waals surface area contributed by atoms with E-state index in [-0.39, 0.29) is 23.8 Å². The van der Waals surface area contributed by atoms with Crippen LogP contribution in [0.5, 0.6) is 5.75 Å². The number of anilines is 2. The lowest BCUT2D eigenvalue weighted by Crippen LogP contribution is -2.19. The molecule has 0 bridgehead atoms. The van der Waals surface area contributed by atoms with Crippen LogP contribution in [-0.4, -0.2) is 16.7 Å². The minimum Gasteiger partial charge on any atom is -0.490 e. The fraction of sp³-hybridized carbons (Fsp3) is 0.143. The van der Waals surface area contributed by atoms with E-state index in [9.17, 15) is 18.0 Å². The van der Waals surface area contributed by atoms with Crippen molar-refractivity contribution in [3.8, 4) is 18.1 Å². The first-order valence-corrected chi connectivity index (χ1v) is 8.45. The largest absolute Gasteiger partial charge is 0.490 e. The second-order valence-corrected chi connectivity index (χ2v) is 6.26. The predicted octanol–water partition coefficient (Wildman–Crippen LogP) is 3.75. The van der Waals surface area contributed by atoms with Gasteiger partial charge >= 0.3 is 5.56 Å². The third-order valence-corrected chi connectivity index (χ3v) is 4.17. The van der Waals surface area contributed by atoms with E-state index in [4.69, 9.17) is 11.2 Å². The molecule has 0 amide bonds. The molecule has 0 spiro atoms. The summed E-state index contributed by atoms with van der Waals surface area (Å²) in [5.41, 5.74) is 0.644. The molecule has 0 fully saturated rings. The van der Waals surface area contributed by atoms with Crippen molar-refractivity contribution < 1.29 is 17.9 Å². The molecule has 0 aliphatic carbocycles. The van der Waals surface area contributed by atoms with Gasteiger partial charge in [-0.15, -0.1) is 6.42 Å². The van der Waals surface area contributed by atoms with E-state index < -0.39 is 23.0 Å². The molecule has 0 saturated heterocycles. The van der Waals surface area contributed by atoms with Gasteiger partial charge in [-0.2, -0.15) is 4.98 Å². The molecule has 148 valence electrons. The number of aromatic nitrogens is 2. The Morgan fingerprint density at radius 2 is 1.86 bits per heavy atom. The molecule has 2 aromatic carbocycles.